The number of nitrogens with zero attached hydrogens (tertiary/aromatic N) is 1. The number of rotatable bonds is 4. The molecular formula is C19H18ClNO3. The van der Waals surface area contributed by atoms with E-state index in [1.54, 1.807) is 18.2 Å². The van der Waals surface area contributed by atoms with E-state index in [4.69, 9.17) is 11.6 Å². The van der Waals surface area contributed by atoms with Gasteiger partial charge in [-0.1, -0.05) is 53.6 Å². The number of ketones is 1. The Balaban J connectivity index is 2.06. The molecule has 3 rings (SSSR count). The molecule has 0 saturated heterocycles. The van der Waals surface area contributed by atoms with Crippen LogP contribution in [0.1, 0.15) is 30.0 Å². The van der Waals surface area contributed by atoms with Crippen LogP contribution >= 0.6 is 11.6 Å². The van der Waals surface area contributed by atoms with Crippen molar-refractivity contribution < 1.29 is 14.7 Å². The predicted molar refractivity (Wildman–Crippen MR) is 93.0 cm³/mol. The van der Waals surface area contributed by atoms with Gasteiger partial charge < -0.3 is 10.0 Å². The number of benzene rings is 2. The molecule has 2 aromatic carbocycles. The molecule has 24 heavy (non-hydrogen) atoms. The number of aryl methyl sites for hydroxylation is 1. The Labute approximate surface area is 145 Å². The number of hydrogen-bond donors (Lipinski definition) is 1. The van der Waals surface area contributed by atoms with Gasteiger partial charge in [0.05, 0.1) is 17.3 Å². The van der Waals surface area contributed by atoms with Crippen LogP contribution in [0.4, 0.5) is 5.69 Å². The zero-order chi connectivity index (χ0) is 17.5. The highest BCUT2D eigenvalue weighted by Gasteiger charge is 2.51. The molecule has 1 aliphatic heterocycles. The minimum Gasteiger partial charge on any atom is -0.375 e. The summed E-state index contributed by atoms with van der Waals surface area (Å²) in [6.45, 7) is 3.64. The summed E-state index contributed by atoms with van der Waals surface area (Å²) >= 11 is 6.30. The van der Waals surface area contributed by atoms with Crippen LogP contribution in [0.15, 0.2) is 42.5 Å². The first-order valence-corrected chi connectivity index (χ1v) is 8.09. The first-order valence-electron chi connectivity index (χ1n) is 7.71. The van der Waals surface area contributed by atoms with Gasteiger partial charge in [-0.05, 0) is 25.5 Å². The fourth-order valence-electron chi connectivity index (χ4n) is 3.12. The number of aliphatic hydroxyl groups is 1. The molecule has 2 aromatic rings. The van der Waals surface area contributed by atoms with Crippen molar-refractivity contribution in [1.29, 1.82) is 0 Å². The van der Waals surface area contributed by atoms with Gasteiger partial charge in [0.2, 0.25) is 0 Å². The molecule has 0 radical (unpaired) electrons. The highest BCUT2D eigenvalue weighted by Crippen LogP contribution is 2.46. The number of hydrogen-bond acceptors (Lipinski definition) is 3. The van der Waals surface area contributed by atoms with Crippen molar-refractivity contribution in [3.63, 3.8) is 0 Å². The van der Waals surface area contributed by atoms with Gasteiger partial charge in [-0.25, -0.2) is 0 Å². The molecule has 0 bridgehead atoms. The largest absolute Gasteiger partial charge is 0.375 e. The van der Waals surface area contributed by atoms with Crippen LogP contribution in [0.3, 0.4) is 0 Å². The van der Waals surface area contributed by atoms with Gasteiger partial charge in [0, 0.05) is 12.0 Å². The maximum atomic E-state index is 12.9. The fraction of sp³-hybridized carbons (Fsp3) is 0.263. The minimum atomic E-state index is -1.85. The highest BCUT2D eigenvalue weighted by molar-refractivity contribution is 6.35. The lowest BCUT2D eigenvalue weighted by Crippen LogP contribution is -2.41. The Morgan fingerprint density at radius 3 is 2.50 bits per heavy atom. The summed E-state index contributed by atoms with van der Waals surface area (Å²) in [7, 11) is 0. The summed E-state index contributed by atoms with van der Waals surface area (Å²) in [5, 5.41) is 11.3. The molecule has 0 saturated carbocycles. The molecule has 1 atom stereocenters. The molecule has 0 aliphatic carbocycles. The molecule has 0 aromatic heterocycles. The second-order valence-corrected chi connectivity index (χ2v) is 6.66. The maximum Gasteiger partial charge on any atom is 0.264 e. The number of anilines is 1. The monoisotopic (exact) mass is 343 g/mol. The second kappa shape index (κ2) is 6.04. The Hall–Kier alpha value is -2.17. The number of amides is 1. The molecule has 1 aliphatic rings. The van der Waals surface area contributed by atoms with Crippen LogP contribution in [0.2, 0.25) is 5.02 Å². The summed E-state index contributed by atoms with van der Waals surface area (Å²) in [4.78, 5) is 26.0. The van der Waals surface area contributed by atoms with Crippen LogP contribution < -0.4 is 4.90 Å². The Bertz CT molecular complexity index is 816. The number of carbonyl (C=O) groups excluding carboxylic acids is 2. The van der Waals surface area contributed by atoms with Crippen molar-refractivity contribution in [2.75, 3.05) is 4.90 Å². The van der Waals surface area contributed by atoms with Gasteiger partial charge in [-0.15, -0.1) is 0 Å². The summed E-state index contributed by atoms with van der Waals surface area (Å²) in [6, 6.07) is 12.8. The van der Waals surface area contributed by atoms with Crippen molar-refractivity contribution in [3.8, 4) is 0 Å². The van der Waals surface area contributed by atoms with Crippen molar-refractivity contribution in [1.82, 2.24) is 0 Å². The second-order valence-electron chi connectivity index (χ2n) is 6.25. The zero-order valence-corrected chi connectivity index (χ0v) is 14.3. The SMILES string of the molecule is CC(=O)CC1(O)C(=O)N(Cc2ccc(C)cc2)c2c(Cl)cccc21. The van der Waals surface area contributed by atoms with Crippen molar-refractivity contribution in [2.24, 2.45) is 0 Å². The van der Waals surface area contributed by atoms with Crippen molar-refractivity contribution >= 4 is 29.0 Å². The van der Waals surface area contributed by atoms with E-state index in [-0.39, 0.29) is 18.7 Å². The third kappa shape index (κ3) is 2.72. The summed E-state index contributed by atoms with van der Waals surface area (Å²) < 4.78 is 0. The van der Waals surface area contributed by atoms with Gasteiger partial charge in [0.1, 0.15) is 5.78 Å². The van der Waals surface area contributed by atoms with Crippen LogP contribution in [-0.2, 0) is 21.7 Å². The first-order chi connectivity index (χ1) is 11.3. The zero-order valence-electron chi connectivity index (χ0n) is 13.5. The van der Waals surface area contributed by atoms with E-state index in [1.807, 2.05) is 31.2 Å². The van der Waals surface area contributed by atoms with E-state index in [0.29, 0.717) is 16.3 Å². The molecule has 5 heteroatoms. The molecule has 1 amide bonds. The maximum absolute atomic E-state index is 12.9. The lowest BCUT2D eigenvalue weighted by atomic mass is 9.90. The number of fused-ring (bicyclic) bond motifs is 1. The number of halogens is 1. The molecule has 1 unspecified atom stereocenters. The smallest absolute Gasteiger partial charge is 0.264 e. The van der Waals surface area contributed by atoms with Gasteiger partial charge in [0.15, 0.2) is 5.60 Å². The van der Waals surface area contributed by atoms with Crippen molar-refractivity contribution in [3.05, 3.63) is 64.2 Å². The van der Waals surface area contributed by atoms with E-state index in [0.717, 1.165) is 11.1 Å². The topological polar surface area (TPSA) is 57.6 Å². The molecule has 0 fully saturated rings. The average Bonchev–Trinajstić information content (AvgIpc) is 2.72. The number of para-hydroxylation sites is 1. The van der Waals surface area contributed by atoms with E-state index < -0.39 is 11.5 Å². The summed E-state index contributed by atoms with van der Waals surface area (Å²) in [5.41, 5.74) is 1.07. The van der Waals surface area contributed by atoms with E-state index in [2.05, 4.69) is 0 Å². The van der Waals surface area contributed by atoms with Gasteiger partial charge in [-0.3, -0.25) is 9.59 Å². The molecule has 1 N–H and O–H groups in total. The third-order valence-corrected chi connectivity index (χ3v) is 4.57. The Morgan fingerprint density at radius 2 is 1.88 bits per heavy atom. The van der Waals surface area contributed by atoms with E-state index in [1.165, 1.54) is 11.8 Å². The quantitative estimate of drug-likeness (QED) is 0.926. The molecule has 124 valence electrons. The van der Waals surface area contributed by atoms with Crippen LogP contribution in [0.5, 0.6) is 0 Å². The highest BCUT2D eigenvalue weighted by atomic mass is 35.5. The third-order valence-electron chi connectivity index (χ3n) is 4.27. The molecule has 0 spiro atoms. The first kappa shape index (κ1) is 16.7. The minimum absolute atomic E-state index is 0.256. The van der Waals surface area contributed by atoms with E-state index in [9.17, 15) is 14.7 Å². The molecular weight excluding hydrogens is 326 g/mol. The van der Waals surface area contributed by atoms with E-state index >= 15 is 0 Å². The summed E-state index contributed by atoms with van der Waals surface area (Å²) in [6.07, 6.45) is -0.260. The van der Waals surface area contributed by atoms with Crippen LogP contribution in [0.25, 0.3) is 0 Å². The van der Waals surface area contributed by atoms with Gasteiger partial charge >= 0.3 is 0 Å². The lowest BCUT2D eigenvalue weighted by Gasteiger charge is -2.22. The molecule has 1 heterocycles. The molecule has 4 nitrogen and oxygen atoms in total. The predicted octanol–water partition coefficient (Wildman–Crippen LogP) is 3.36. The normalized spacial score (nSPS) is 19.5. The summed E-state index contributed by atoms with van der Waals surface area (Å²) in [5.74, 6) is -0.768. The number of carbonyl (C=O) groups is 2. The Kier molecular flexibility index (Phi) is 4.20. The van der Waals surface area contributed by atoms with Gasteiger partial charge in [-0.2, -0.15) is 0 Å². The van der Waals surface area contributed by atoms with Crippen LogP contribution in [-0.4, -0.2) is 16.8 Å². The van der Waals surface area contributed by atoms with Crippen LogP contribution in [0, 0.1) is 6.92 Å². The standard InChI is InChI=1S/C19H18ClNO3/c1-12-6-8-14(9-7-12)11-21-17-15(4-3-5-16(17)20)19(24,18(21)23)10-13(2)22/h3-9,24H,10-11H2,1-2H3. The number of Topliss-reactive ketones (excluding diaryl/α,β-unsaturated/α-hetero) is 1. The van der Waals surface area contributed by atoms with Gasteiger partial charge in [0.25, 0.3) is 5.91 Å². The lowest BCUT2D eigenvalue weighted by molar-refractivity contribution is -0.141. The Morgan fingerprint density at radius 1 is 1.21 bits per heavy atom. The average molecular weight is 344 g/mol. The fourth-order valence-corrected chi connectivity index (χ4v) is 3.40. The van der Waals surface area contributed by atoms with Crippen molar-refractivity contribution in [2.45, 2.75) is 32.4 Å².